The minimum atomic E-state index is -5.24. The van der Waals surface area contributed by atoms with Crippen molar-refractivity contribution in [1.82, 2.24) is 14.2 Å². The van der Waals surface area contributed by atoms with Crippen molar-refractivity contribution in [3.05, 3.63) is 0 Å². The number of carboxylic acids is 2. The van der Waals surface area contributed by atoms with E-state index in [2.05, 4.69) is 30.4 Å². The van der Waals surface area contributed by atoms with Crippen LogP contribution in [0.15, 0.2) is 0 Å². The minimum absolute atomic E-state index is 0. The second-order valence-electron chi connectivity index (χ2n) is 17.2. The summed E-state index contributed by atoms with van der Waals surface area (Å²) in [7, 11) is -37.4. The lowest BCUT2D eigenvalue weighted by molar-refractivity contribution is -0.322. The van der Waals surface area contributed by atoms with Crippen molar-refractivity contribution in [2.45, 2.75) is 190 Å². The van der Waals surface area contributed by atoms with Gasteiger partial charge in [0.25, 0.3) is 0 Å². The van der Waals surface area contributed by atoms with Crippen LogP contribution in [0.25, 0.3) is 0 Å². The molecule has 0 bridgehead atoms. The Morgan fingerprint density at radius 1 is 0.396 bits per heavy atom. The van der Waals surface area contributed by atoms with Gasteiger partial charge in [-0.25, -0.2) is 81.5 Å². The van der Waals surface area contributed by atoms with E-state index in [1.54, 1.807) is 9.44 Å². The maximum atomic E-state index is 10.6. The van der Waals surface area contributed by atoms with E-state index in [4.69, 9.17) is 34.3 Å². The number of nitrogens with one attached hydrogen (secondary N) is 3. The molecule has 5 aliphatic rings. The monoisotopic (exact) mass is 1670 g/mol. The summed E-state index contributed by atoms with van der Waals surface area (Å²) in [5.41, 5.74) is 0. The van der Waals surface area contributed by atoms with E-state index in [1.807, 2.05) is 0 Å². The number of hydrogen-bond acceptors (Lipinski definition) is 45. The maximum absolute atomic E-state index is 10.6. The molecule has 10 unspecified atom stereocenters. The van der Waals surface area contributed by atoms with Crippen LogP contribution >= 0.6 is 0 Å². The summed E-state index contributed by atoms with van der Waals surface area (Å²) in [6.07, 6.45) is -17.1. The van der Waals surface area contributed by atoms with Gasteiger partial charge in [0, 0.05) is 39.9 Å². The van der Waals surface area contributed by atoms with Gasteiger partial charge in [-0.1, -0.05) is 66.8 Å². The van der Waals surface area contributed by atoms with Crippen LogP contribution in [0, 0.1) is 0 Å². The molecule has 17 N–H and O–H groups in total. The summed E-state index contributed by atoms with van der Waals surface area (Å²) < 4.78 is 303. The zero-order valence-corrected chi connectivity index (χ0v) is 52.6. The first kappa shape index (κ1) is 131. The molecule has 60 heteroatoms. The largest absolute Gasteiger partial charge is 0.735 e. The van der Waals surface area contributed by atoms with Crippen LogP contribution in [0.3, 0.4) is 0 Å². The van der Waals surface area contributed by atoms with Crippen LogP contribution < -0.4 is 24.4 Å². The highest BCUT2D eigenvalue weighted by atomic mass is 32.3. The third-order valence-electron chi connectivity index (χ3n) is 10.6. The Bertz CT molecular complexity index is 3100. The van der Waals surface area contributed by atoms with Crippen molar-refractivity contribution in [3.63, 3.8) is 0 Å². The highest BCUT2D eigenvalue weighted by Gasteiger charge is 2.41. The van der Waals surface area contributed by atoms with E-state index in [0.29, 0.717) is 0 Å². The van der Waals surface area contributed by atoms with Gasteiger partial charge in [-0.15, -0.1) is 0 Å². The van der Waals surface area contributed by atoms with Crippen molar-refractivity contribution in [3.8, 4) is 0 Å². The smallest absolute Gasteiger partial charge is 0.218 e. The summed E-state index contributed by atoms with van der Waals surface area (Å²) in [6, 6.07) is -3.87. The molecule has 0 aromatic carbocycles. The Kier molecular flexibility index (Phi) is 74.5. The normalized spacial score (nSPS) is 26.9. The first-order valence-electron chi connectivity index (χ1n) is 22.9. The molecule has 5 aliphatic heterocycles. The number of ether oxygens (including phenoxy) is 6. The molecular weight excluding hydrogens is 1570 g/mol. The molecule has 0 amide bonds. The number of carbonyl (C=O) groups is 2. The number of carboxylic acid groups (broad SMARTS) is 2. The summed E-state index contributed by atoms with van der Waals surface area (Å²) in [5, 5.41) is 74.0. The van der Waals surface area contributed by atoms with E-state index in [0.717, 1.165) is 14.2 Å². The first-order chi connectivity index (χ1) is 39.8. The molecule has 0 aromatic rings. The Morgan fingerprint density at radius 2 is 0.723 bits per heavy atom. The molecule has 101 heavy (non-hydrogen) atoms. The average molecular weight is 1670 g/mol. The minimum Gasteiger partial charge on any atom is -0.735 e. The standard InChI is InChI=1S/C7H15NO10S2.C6H13NO12S3.C6H13NO9S2.C6H10O8S.C6H10O5.CH4O.9CH4.4H2O/c1-16-7-5(3-18-20(13,14)15)17-2-4(6(7)9)8-19(10,11)12;8-20(9,10)7-5-3-17-4(2-18-21(11,12)13)1-6(5)19-22(14,15)16;8-6-1-4(2-16-18(12,13)14)15-3-5(6)7-17(9,10)11;7-3-1-4(6(8)9)13-2-5(3)14-15(10,11)12;7-3-1-5(6(9)10)11-2-4(3)8;1-2;;;;;;;;;;;;;/h4-9H,2-3H2,1H3,(H,10,11,12)(H,13,14,15);4-7H,1-3H2,(H,8,9,10)(H,11,12,13)(H,14,15,16);4-8H,1-3H2,(H,9,10,11)(H,12,13,14);3-5,7H,1-2H2,(H,8,9)(H,10,11,12);3-5,7-8H,1-2H2,(H,9,10);2H,1H3;9*1H4;4*1H2/p-10/t4?,5?,6-,7+;2*4?,5?,6-;2*3-,4?,5?;;;;;;;;;;;;;;/m01111............../s1. The SMILES string of the molecule is C.C.C.C.C.C.C.C.C.CO.CO[C@@H]1C(COS(=O)(=O)[O-])OCC(NS(=O)(=O)[O-])[C@@H]1O.O.O.O.O.O=C([O-])C1C[C@@H](O)C(O)CO1.O=C([O-])C1C[C@@H](O)C(OS(=O)(=O)[O-])CO1.O=S(=O)([O-])NC1COC(COS(=O)(=O)[O-])C[C@H]1O.O=S(=O)([O-])NC1COC(COS(=O)(=O)[O-])C[C@H]1OS(=O)(=O)[O-]. The van der Waals surface area contributed by atoms with Gasteiger partial charge in [0.05, 0.1) is 132 Å². The predicted octanol–water partition coefficient (Wildman–Crippen LogP) is -13.8. The third-order valence-corrected chi connectivity index (χ3v) is 14.6. The lowest BCUT2D eigenvalue weighted by Gasteiger charge is -2.39. The molecule has 0 aliphatic carbocycles. The van der Waals surface area contributed by atoms with Gasteiger partial charge < -0.3 is 137 Å². The van der Waals surface area contributed by atoms with Crippen LogP contribution in [0.5, 0.6) is 0 Å². The van der Waals surface area contributed by atoms with Crippen LogP contribution in [0.4, 0.5) is 0 Å². The highest BCUT2D eigenvalue weighted by molar-refractivity contribution is 7.84. The van der Waals surface area contributed by atoms with Gasteiger partial charge >= 0.3 is 0 Å². The molecule has 5 fully saturated rings. The predicted molar refractivity (Wildman–Crippen MR) is 327 cm³/mol. The zero-order chi connectivity index (χ0) is 68.8. The lowest BCUT2D eigenvalue weighted by atomic mass is 9.99. The summed E-state index contributed by atoms with van der Waals surface area (Å²) in [6.45, 7) is -4.12. The fourth-order valence-corrected chi connectivity index (χ4v) is 10.6. The Hall–Kier alpha value is -2.74. The molecule has 5 heterocycles. The van der Waals surface area contributed by atoms with E-state index in [9.17, 15) is 139 Å². The second-order valence-corrected chi connectivity index (χ2v) is 25.8. The number of hydrogen-bond donors (Lipinski definition) is 9. The molecule has 0 aromatic heterocycles. The maximum Gasteiger partial charge on any atom is 0.218 e. The number of aliphatic hydroxyl groups excluding tert-OH is 6. The molecule has 0 saturated carbocycles. The van der Waals surface area contributed by atoms with E-state index in [-0.39, 0.29) is 121 Å². The fourth-order valence-electron chi connectivity index (χ4n) is 6.94. The van der Waals surface area contributed by atoms with Gasteiger partial charge in [0.15, 0.2) is 30.9 Å². The van der Waals surface area contributed by atoms with Crippen LogP contribution in [-0.2, 0) is 142 Å². The second kappa shape index (κ2) is 57.4. The molecular formula is C41H99N3O49S8-10. The van der Waals surface area contributed by atoms with E-state index < -0.39 is 238 Å². The molecule has 0 radical (unpaired) electrons. The molecule has 0 spiro atoms. The van der Waals surface area contributed by atoms with Crippen LogP contribution in [0.2, 0.25) is 0 Å². The van der Waals surface area contributed by atoms with Gasteiger partial charge in [0.2, 0.25) is 52.0 Å². The number of aliphatic hydroxyl groups is 6. The van der Waals surface area contributed by atoms with E-state index >= 15 is 0 Å². The van der Waals surface area contributed by atoms with Crippen LogP contribution in [-0.4, -0.2) is 333 Å². The third kappa shape index (κ3) is 62.1. The zero-order valence-electron chi connectivity index (χ0n) is 46.1. The Labute approximate surface area is 588 Å². The first-order valence-corrected chi connectivity index (χ1v) is 33.8. The summed E-state index contributed by atoms with van der Waals surface area (Å²) >= 11 is 0. The van der Waals surface area contributed by atoms with E-state index in [1.165, 1.54) is 4.72 Å². The fraction of sp³-hybridized carbons (Fsp3) is 0.951. The number of rotatable bonds is 22. The van der Waals surface area contributed by atoms with Crippen molar-refractivity contribution in [2.24, 2.45) is 0 Å². The molecule has 5 rings (SSSR count). The average Bonchev–Trinajstić information content (AvgIpc) is 0.836. The molecule has 5 saturated heterocycles. The van der Waals surface area contributed by atoms with Crippen molar-refractivity contribution in [2.75, 3.05) is 67.1 Å². The quantitative estimate of drug-likeness (QED) is 0.0359. The Morgan fingerprint density at radius 3 is 1.06 bits per heavy atom. The number of aliphatic carboxylic acids is 2. The topological polar surface area (TPSA) is 923 Å². The number of methoxy groups -OCH3 is 1. The van der Waals surface area contributed by atoms with Crippen molar-refractivity contribution < 1.29 is 225 Å². The van der Waals surface area contributed by atoms with Gasteiger partial charge in [-0.2, -0.15) is 0 Å². The van der Waals surface area contributed by atoms with Crippen molar-refractivity contribution in [1.29, 1.82) is 0 Å². The van der Waals surface area contributed by atoms with Crippen molar-refractivity contribution >= 4 is 94.8 Å². The molecule has 630 valence electrons. The molecule has 52 nitrogen and oxygen atoms in total. The highest BCUT2D eigenvalue weighted by Crippen LogP contribution is 2.23. The summed E-state index contributed by atoms with van der Waals surface area (Å²) in [4.78, 5) is 20.5. The lowest BCUT2D eigenvalue weighted by Crippen LogP contribution is -2.60. The Balaban J connectivity index is -0.0000000761. The molecule has 16 atom stereocenters. The number of carbonyl (C=O) groups excluding carboxylic acids is 2. The van der Waals surface area contributed by atoms with Gasteiger partial charge in [-0.3, -0.25) is 20.9 Å². The summed E-state index contributed by atoms with van der Waals surface area (Å²) in [5.74, 6) is -2.87. The van der Waals surface area contributed by atoms with Gasteiger partial charge in [-0.05, 0) is 0 Å². The van der Waals surface area contributed by atoms with Gasteiger partial charge in [0.1, 0.15) is 30.5 Å². The van der Waals surface area contributed by atoms with Crippen LogP contribution in [0.1, 0.15) is 92.5 Å².